The Morgan fingerprint density at radius 3 is 2.50 bits per heavy atom. The number of nitrogens with zero attached hydrogens (tertiary/aromatic N) is 3. The number of fused-ring (bicyclic) bond motifs is 1. The summed E-state index contributed by atoms with van der Waals surface area (Å²) in [6, 6.07) is 24.9. The molecular formula is C31H28FN5O. The third-order valence-electron chi connectivity index (χ3n) is 6.99. The van der Waals surface area contributed by atoms with Crippen molar-refractivity contribution < 1.29 is 9.13 Å². The van der Waals surface area contributed by atoms with Crippen LogP contribution in [0.1, 0.15) is 5.56 Å². The van der Waals surface area contributed by atoms with Crippen molar-refractivity contribution in [2.75, 3.05) is 42.3 Å². The van der Waals surface area contributed by atoms with Crippen LogP contribution in [-0.4, -0.2) is 36.3 Å². The molecule has 0 bridgehead atoms. The number of para-hydroxylation sites is 1. The molecule has 0 atom stereocenters. The zero-order valence-corrected chi connectivity index (χ0v) is 21.1. The molecule has 0 radical (unpaired) electrons. The fourth-order valence-corrected chi connectivity index (χ4v) is 5.04. The summed E-state index contributed by atoms with van der Waals surface area (Å²) >= 11 is 0. The fourth-order valence-electron chi connectivity index (χ4n) is 5.04. The lowest BCUT2D eigenvalue weighted by atomic mass is 10.00. The van der Waals surface area contributed by atoms with E-state index in [1.54, 1.807) is 18.3 Å². The van der Waals surface area contributed by atoms with Crippen LogP contribution in [0, 0.1) is 12.7 Å². The molecule has 0 amide bonds. The molecule has 5 aromatic rings. The highest BCUT2D eigenvalue weighted by Gasteiger charge is 2.20. The molecule has 1 aliphatic heterocycles. The molecule has 2 aromatic heterocycles. The maximum Gasteiger partial charge on any atom is 0.132 e. The van der Waals surface area contributed by atoms with Gasteiger partial charge in [0.2, 0.25) is 0 Å². The zero-order valence-electron chi connectivity index (χ0n) is 21.1. The van der Waals surface area contributed by atoms with Crippen LogP contribution in [0.25, 0.3) is 33.3 Å². The van der Waals surface area contributed by atoms with Gasteiger partial charge in [0, 0.05) is 30.2 Å². The van der Waals surface area contributed by atoms with Crippen molar-refractivity contribution in [2.24, 2.45) is 0 Å². The smallest absolute Gasteiger partial charge is 0.132 e. The summed E-state index contributed by atoms with van der Waals surface area (Å²) in [7, 11) is 0. The highest BCUT2D eigenvalue weighted by atomic mass is 19.1. The molecule has 3 heterocycles. The lowest BCUT2D eigenvalue weighted by molar-refractivity contribution is 0.123. The Morgan fingerprint density at radius 2 is 1.68 bits per heavy atom. The number of nitrogen functional groups attached to an aromatic ring is 1. The van der Waals surface area contributed by atoms with E-state index in [-0.39, 0.29) is 5.82 Å². The van der Waals surface area contributed by atoms with Crippen LogP contribution in [0.2, 0.25) is 0 Å². The van der Waals surface area contributed by atoms with Crippen molar-refractivity contribution in [3.05, 3.63) is 96.4 Å². The number of nitrogens with two attached hydrogens (primary N) is 1. The summed E-state index contributed by atoms with van der Waals surface area (Å²) in [6.45, 7) is 4.94. The van der Waals surface area contributed by atoms with Crippen molar-refractivity contribution in [1.29, 1.82) is 0 Å². The predicted octanol–water partition coefficient (Wildman–Crippen LogP) is 6.57. The van der Waals surface area contributed by atoms with E-state index in [1.807, 2.05) is 49.4 Å². The molecule has 6 rings (SSSR count). The maximum absolute atomic E-state index is 14.9. The van der Waals surface area contributed by atoms with Gasteiger partial charge in [0.1, 0.15) is 11.6 Å². The van der Waals surface area contributed by atoms with E-state index in [2.05, 4.69) is 33.4 Å². The van der Waals surface area contributed by atoms with Gasteiger partial charge in [-0.3, -0.25) is 0 Å². The summed E-state index contributed by atoms with van der Waals surface area (Å²) in [4.78, 5) is 11.3. The lowest BCUT2D eigenvalue weighted by Crippen LogP contribution is -2.36. The van der Waals surface area contributed by atoms with Gasteiger partial charge in [-0.15, -0.1) is 0 Å². The van der Waals surface area contributed by atoms with Gasteiger partial charge in [-0.2, -0.15) is 0 Å². The van der Waals surface area contributed by atoms with E-state index >= 15 is 0 Å². The van der Waals surface area contributed by atoms with Gasteiger partial charge in [-0.1, -0.05) is 36.4 Å². The third-order valence-corrected chi connectivity index (χ3v) is 6.99. The molecule has 6 nitrogen and oxygen atoms in total. The first-order valence-corrected chi connectivity index (χ1v) is 12.7. The van der Waals surface area contributed by atoms with E-state index in [1.165, 1.54) is 6.07 Å². The molecule has 1 fully saturated rings. The second kappa shape index (κ2) is 10.1. The van der Waals surface area contributed by atoms with Gasteiger partial charge in [0.15, 0.2) is 0 Å². The Bertz CT molecular complexity index is 1630. The Hall–Kier alpha value is -4.49. The highest BCUT2D eigenvalue weighted by molar-refractivity contribution is 5.99. The largest absolute Gasteiger partial charge is 0.384 e. The highest BCUT2D eigenvalue weighted by Crippen LogP contribution is 2.40. The monoisotopic (exact) mass is 505 g/mol. The van der Waals surface area contributed by atoms with Crippen LogP contribution in [0.15, 0.2) is 85.1 Å². The number of ether oxygens (including phenoxy) is 1. The standard InChI is InChI=1S/C31H28FN5O/c1-20-30(23-6-2-4-8-25(23)32)35-26-9-5-3-7-24(26)31(20)36-27-18-21(22-12-13-34-29(33)19-22)10-11-28(27)37-14-16-38-17-15-37/h2-13,18-19H,14-17H2,1H3,(H2,33,34)(H,35,36). The van der Waals surface area contributed by atoms with Crippen LogP contribution in [-0.2, 0) is 4.74 Å². The molecule has 38 heavy (non-hydrogen) atoms. The number of hydrogen-bond acceptors (Lipinski definition) is 6. The number of rotatable bonds is 5. The maximum atomic E-state index is 14.9. The van der Waals surface area contributed by atoms with E-state index in [4.69, 9.17) is 15.5 Å². The summed E-state index contributed by atoms with van der Waals surface area (Å²) < 4.78 is 20.5. The van der Waals surface area contributed by atoms with Crippen LogP contribution in [0.3, 0.4) is 0 Å². The molecule has 7 heteroatoms. The van der Waals surface area contributed by atoms with Gasteiger partial charge >= 0.3 is 0 Å². The van der Waals surface area contributed by atoms with Gasteiger partial charge in [0.25, 0.3) is 0 Å². The SMILES string of the molecule is Cc1c(-c2ccccc2F)nc2ccccc2c1Nc1cc(-c2ccnc(N)c2)ccc1N1CCOCC1. The van der Waals surface area contributed by atoms with E-state index < -0.39 is 0 Å². The lowest BCUT2D eigenvalue weighted by Gasteiger charge is -2.31. The van der Waals surface area contributed by atoms with Gasteiger partial charge in [-0.25, -0.2) is 14.4 Å². The van der Waals surface area contributed by atoms with Crippen LogP contribution in [0.4, 0.5) is 27.3 Å². The number of pyridine rings is 2. The number of halogens is 1. The second-order valence-corrected chi connectivity index (χ2v) is 9.38. The Balaban J connectivity index is 1.53. The van der Waals surface area contributed by atoms with E-state index in [0.29, 0.717) is 30.3 Å². The quantitative estimate of drug-likeness (QED) is 0.281. The molecular weight excluding hydrogens is 477 g/mol. The normalized spacial score (nSPS) is 13.6. The van der Waals surface area contributed by atoms with Crippen molar-refractivity contribution in [3.8, 4) is 22.4 Å². The molecule has 3 aromatic carbocycles. The first-order chi connectivity index (χ1) is 18.6. The minimum absolute atomic E-state index is 0.296. The Labute approximate surface area is 220 Å². The first-order valence-electron chi connectivity index (χ1n) is 12.7. The molecule has 0 spiro atoms. The summed E-state index contributed by atoms with van der Waals surface area (Å²) in [5, 5.41) is 4.71. The van der Waals surface area contributed by atoms with E-state index in [9.17, 15) is 4.39 Å². The van der Waals surface area contributed by atoms with Crippen molar-refractivity contribution >= 4 is 33.8 Å². The zero-order chi connectivity index (χ0) is 26.1. The summed E-state index contributed by atoms with van der Waals surface area (Å²) in [5.41, 5.74) is 13.7. The van der Waals surface area contributed by atoms with Crippen LogP contribution >= 0.6 is 0 Å². The fraction of sp³-hybridized carbons (Fsp3) is 0.161. The van der Waals surface area contributed by atoms with Crippen molar-refractivity contribution in [1.82, 2.24) is 9.97 Å². The third kappa shape index (κ3) is 4.53. The van der Waals surface area contributed by atoms with Gasteiger partial charge in [-0.05, 0) is 66.1 Å². The molecule has 0 aliphatic carbocycles. The molecule has 190 valence electrons. The minimum Gasteiger partial charge on any atom is -0.384 e. The minimum atomic E-state index is -0.296. The average Bonchev–Trinajstić information content (AvgIpc) is 2.95. The molecule has 0 unspecified atom stereocenters. The Kier molecular flexibility index (Phi) is 6.35. The Morgan fingerprint density at radius 1 is 0.921 bits per heavy atom. The number of nitrogens with one attached hydrogen (secondary N) is 1. The van der Waals surface area contributed by atoms with Gasteiger partial charge in [0.05, 0.1) is 41.5 Å². The van der Waals surface area contributed by atoms with Crippen molar-refractivity contribution in [2.45, 2.75) is 6.92 Å². The predicted molar refractivity (Wildman–Crippen MR) is 152 cm³/mol. The number of benzene rings is 3. The summed E-state index contributed by atoms with van der Waals surface area (Å²) in [6.07, 6.45) is 1.72. The molecule has 1 aliphatic rings. The van der Waals surface area contributed by atoms with Gasteiger partial charge < -0.3 is 20.7 Å². The number of morpholine rings is 1. The van der Waals surface area contributed by atoms with E-state index in [0.717, 1.165) is 57.7 Å². The number of aromatic nitrogens is 2. The molecule has 0 saturated carbocycles. The number of hydrogen-bond donors (Lipinski definition) is 2. The topological polar surface area (TPSA) is 76.3 Å². The van der Waals surface area contributed by atoms with Crippen LogP contribution < -0.4 is 16.0 Å². The van der Waals surface area contributed by atoms with Crippen LogP contribution in [0.5, 0.6) is 0 Å². The average molecular weight is 506 g/mol. The number of anilines is 4. The molecule has 1 saturated heterocycles. The second-order valence-electron chi connectivity index (χ2n) is 9.38. The first kappa shape index (κ1) is 23.9. The molecule has 3 N–H and O–H groups in total. The summed E-state index contributed by atoms with van der Waals surface area (Å²) in [5.74, 6) is 0.176. The van der Waals surface area contributed by atoms with Crippen molar-refractivity contribution in [3.63, 3.8) is 0 Å².